The molecule has 0 fully saturated rings. The number of benzene rings is 13. The van der Waals surface area contributed by atoms with Gasteiger partial charge in [-0.3, -0.25) is 0 Å². The van der Waals surface area contributed by atoms with Crippen molar-refractivity contribution in [3.63, 3.8) is 0 Å². The van der Waals surface area contributed by atoms with Gasteiger partial charge in [-0.2, -0.15) is 0 Å². The Bertz CT molecular complexity index is 6650. The van der Waals surface area contributed by atoms with E-state index in [1.807, 2.05) is 35.1 Å². The van der Waals surface area contributed by atoms with Gasteiger partial charge in [0.05, 0.1) is 45.8 Å². The van der Waals surface area contributed by atoms with Gasteiger partial charge in [0.1, 0.15) is 20.7 Å². The van der Waals surface area contributed by atoms with Crippen LogP contribution in [-0.2, 0) is 0 Å². The number of hydrogen-bond acceptors (Lipinski definition) is 8. The molecular weight excluding hydrogens is 1250 g/mol. The third-order valence-corrected chi connectivity index (χ3v) is 23.5. The normalized spacial score (nSPS) is 12.0. The lowest BCUT2D eigenvalue weighted by Crippen LogP contribution is -1.95. The number of rotatable bonds is 7. The Balaban J connectivity index is 0.000000132. The van der Waals surface area contributed by atoms with Gasteiger partial charge >= 0.3 is 0 Å². The molecule has 0 N–H and O–H groups in total. The predicted molar refractivity (Wildman–Crippen MR) is 411 cm³/mol. The van der Waals surface area contributed by atoms with Gasteiger partial charge in [-0.1, -0.05) is 200 Å². The highest BCUT2D eigenvalue weighted by Crippen LogP contribution is 2.45. The monoisotopic (exact) mass is 1290 g/mol. The molecular formula is C86H50N6S4. The van der Waals surface area contributed by atoms with Crippen LogP contribution >= 0.6 is 45.3 Å². The van der Waals surface area contributed by atoms with Gasteiger partial charge < -0.3 is 9.13 Å². The lowest BCUT2D eigenvalue weighted by atomic mass is 9.97. The molecule has 10 heteroatoms. The molecule has 0 amide bonds. The first-order valence-electron chi connectivity index (χ1n) is 32.1. The van der Waals surface area contributed by atoms with Crippen LogP contribution in [0, 0.1) is 0 Å². The SMILES string of the molecule is c1cc(-c2ccc3sc4ncc(-c5cccc(-n6c7ccccc7c7ccccc76)c5)nc4c3c2)cc(-c2cccc3c2sc2ccccc23)c1.c1cc(-c2cnc3sc4ccc(-c5cccc6c5sc5ccccc56)cc4c3n2)cc(-n2c3ccccc3c3ccccc32)c1. The van der Waals surface area contributed by atoms with Crippen LogP contribution in [0.4, 0.5) is 0 Å². The lowest BCUT2D eigenvalue weighted by molar-refractivity contribution is 1.18. The molecule has 21 rings (SSSR count). The standard InChI is InChI=1S/C46H27N3S2.C40H23N3S2/c1-4-19-40-34(14-1)35-15-2-5-20-41(35)49(40)32-13-8-12-31(25-32)39-27-47-46-44(48-39)38-26-29(22-23-43(38)51-46)28-10-7-11-30(24-28)33-17-9-18-37-36-16-3-6-21-42(36)50-45(33)37;1-4-16-34-28(11-1)29-12-2-5-17-35(29)43(34)26-10-7-9-25(21-26)33-23-41-40-38(42-33)32-22-24(19-20-37(32)45-40)27-14-8-15-31-30-13-3-6-18-36(30)44-39(27)31/h1-27H;1-23H. The summed E-state index contributed by atoms with van der Waals surface area (Å²) in [6, 6.07) is 105. The van der Waals surface area contributed by atoms with Crippen molar-refractivity contribution in [3.8, 4) is 67.3 Å². The number of nitrogens with zero attached hydrogens (tertiary/aromatic N) is 6. The summed E-state index contributed by atoms with van der Waals surface area (Å²) in [5, 5.41) is 12.6. The summed E-state index contributed by atoms with van der Waals surface area (Å²) in [6.07, 6.45) is 3.84. The fraction of sp³-hybridized carbons (Fsp3) is 0. The number of thiophene rings is 4. The summed E-state index contributed by atoms with van der Waals surface area (Å²) < 4.78 is 12.4. The Morgan fingerprint density at radius 1 is 0.240 bits per heavy atom. The highest BCUT2D eigenvalue weighted by Gasteiger charge is 2.20. The molecule has 0 saturated carbocycles. The van der Waals surface area contributed by atoms with Crippen LogP contribution in [0.25, 0.3) is 192 Å². The van der Waals surface area contributed by atoms with Gasteiger partial charge in [0, 0.05) is 105 Å². The summed E-state index contributed by atoms with van der Waals surface area (Å²) in [6.45, 7) is 0. The van der Waals surface area contributed by atoms with Crippen molar-refractivity contribution in [2.45, 2.75) is 0 Å². The first-order chi connectivity index (χ1) is 47.6. The summed E-state index contributed by atoms with van der Waals surface area (Å²) in [5.74, 6) is 0. The van der Waals surface area contributed by atoms with Crippen molar-refractivity contribution in [1.82, 2.24) is 29.1 Å². The summed E-state index contributed by atoms with van der Waals surface area (Å²) >= 11 is 7.15. The van der Waals surface area contributed by atoms with E-state index in [9.17, 15) is 0 Å². The van der Waals surface area contributed by atoms with Gasteiger partial charge in [-0.15, -0.1) is 45.3 Å². The van der Waals surface area contributed by atoms with E-state index in [1.54, 1.807) is 22.7 Å². The Morgan fingerprint density at radius 3 is 1.08 bits per heavy atom. The smallest absolute Gasteiger partial charge is 0.143 e. The highest BCUT2D eigenvalue weighted by molar-refractivity contribution is 7.27. The van der Waals surface area contributed by atoms with Crippen LogP contribution in [0.15, 0.2) is 304 Å². The molecule has 448 valence electrons. The van der Waals surface area contributed by atoms with Gasteiger partial charge in [0.15, 0.2) is 0 Å². The highest BCUT2D eigenvalue weighted by atomic mass is 32.1. The summed E-state index contributed by atoms with van der Waals surface area (Å²) in [7, 11) is 0. The number of aromatic nitrogens is 6. The molecule has 0 spiro atoms. The van der Waals surface area contributed by atoms with Crippen molar-refractivity contribution >= 4 is 170 Å². The van der Waals surface area contributed by atoms with Crippen LogP contribution in [0.3, 0.4) is 0 Å². The third-order valence-electron chi connectivity index (χ3n) is 18.9. The molecule has 0 unspecified atom stereocenters. The van der Waals surface area contributed by atoms with E-state index in [1.165, 1.54) is 127 Å². The Labute approximate surface area is 565 Å². The van der Waals surface area contributed by atoms with E-state index in [0.29, 0.717) is 0 Å². The van der Waals surface area contributed by atoms with E-state index < -0.39 is 0 Å². The second kappa shape index (κ2) is 22.1. The molecule has 0 radical (unpaired) electrons. The Morgan fingerprint density at radius 2 is 0.594 bits per heavy atom. The minimum absolute atomic E-state index is 0.869. The Hall–Kier alpha value is -11.5. The molecule has 13 aromatic carbocycles. The number of para-hydroxylation sites is 4. The molecule has 0 bridgehead atoms. The first-order valence-corrected chi connectivity index (χ1v) is 35.3. The molecule has 0 aliphatic carbocycles. The second-order valence-corrected chi connectivity index (χ2v) is 28.6. The largest absolute Gasteiger partial charge is 0.309 e. The van der Waals surface area contributed by atoms with Crippen LogP contribution in [0.1, 0.15) is 0 Å². The third kappa shape index (κ3) is 8.87. The number of fused-ring (bicyclic) bond motifs is 18. The van der Waals surface area contributed by atoms with Gasteiger partial charge in [0.25, 0.3) is 0 Å². The molecule has 21 aromatic rings. The van der Waals surface area contributed by atoms with E-state index >= 15 is 0 Å². The Kier molecular flexibility index (Phi) is 12.6. The van der Waals surface area contributed by atoms with Crippen LogP contribution in [-0.4, -0.2) is 29.1 Å². The summed E-state index contributed by atoms with van der Waals surface area (Å²) in [5.41, 5.74) is 20.1. The number of hydrogen-bond donors (Lipinski definition) is 0. The van der Waals surface area contributed by atoms with Crippen molar-refractivity contribution in [2.75, 3.05) is 0 Å². The molecule has 6 nitrogen and oxygen atoms in total. The molecule has 8 heterocycles. The van der Waals surface area contributed by atoms with E-state index in [0.717, 1.165) is 65.4 Å². The summed E-state index contributed by atoms with van der Waals surface area (Å²) in [4.78, 5) is 22.3. The van der Waals surface area contributed by atoms with E-state index in [2.05, 4.69) is 300 Å². The molecule has 0 saturated heterocycles. The maximum absolute atomic E-state index is 5.28. The molecule has 0 aliphatic heterocycles. The van der Waals surface area contributed by atoms with Crippen molar-refractivity contribution < 1.29 is 0 Å². The molecule has 0 atom stereocenters. The molecule has 0 aliphatic rings. The van der Waals surface area contributed by atoms with Crippen LogP contribution in [0.2, 0.25) is 0 Å². The zero-order valence-electron chi connectivity index (χ0n) is 51.2. The fourth-order valence-corrected chi connectivity index (χ4v) is 18.9. The second-order valence-electron chi connectivity index (χ2n) is 24.4. The van der Waals surface area contributed by atoms with Gasteiger partial charge in [-0.05, 0) is 124 Å². The van der Waals surface area contributed by atoms with Crippen molar-refractivity contribution in [2.24, 2.45) is 0 Å². The topological polar surface area (TPSA) is 61.4 Å². The van der Waals surface area contributed by atoms with E-state index in [4.69, 9.17) is 19.9 Å². The van der Waals surface area contributed by atoms with Crippen molar-refractivity contribution in [1.29, 1.82) is 0 Å². The lowest BCUT2D eigenvalue weighted by Gasteiger charge is -2.10. The predicted octanol–water partition coefficient (Wildman–Crippen LogP) is 25.0. The van der Waals surface area contributed by atoms with Gasteiger partial charge in [-0.25, -0.2) is 19.9 Å². The quantitative estimate of drug-likeness (QED) is 0.160. The van der Waals surface area contributed by atoms with E-state index in [-0.39, 0.29) is 0 Å². The maximum Gasteiger partial charge on any atom is 0.143 e. The van der Waals surface area contributed by atoms with Crippen LogP contribution in [0.5, 0.6) is 0 Å². The average Bonchev–Trinajstić information content (AvgIpc) is 1.63. The minimum atomic E-state index is 0.869. The van der Waals surface area contributed by atoms with Gasteiger partial charge in [0.2, 0.25) is 0 Å². The molecule has 96 heavy (non-hydrogen) atoms. The van der Waals surface area contributed by atoms with Crippen molar-refractivity contribution in [3.05, 3.63) is 304 Å². The fourth-order valence-electron chi connectivity index (χ4n) is 14.5. The molecule has 8 aromatic heterocycles. The first kappa shape index (κ1) is 55.0. The zero-order chi connectivity index (χ0) is 63.0. The van der Waals surface area contributed by atoms with Crippen LogP contribution < -0.4 is 0 Å². The zero-order valence-corrected chi connectivity index (χ0v) is 54.4. The average molecular weight is 1300 g/mol. The minimum Gasteiger partial charge on any atom is -0.309 e. The maximum atomic E-state index is 5.28.